The van der Waals surface area contributed by atoms with Gasteiger partial charge in [-0.25, -0.2) is 0 Å². The van der Waals surface area contributed by atoms with E-state index in [0.29, 0.717) is 18.7 Å². The van der Waals surface area contributed by atoms with Crippen molar-refractivity contribution in [2.45, 2.75) is 32.1 Å². The molecule has 28 heavy (non-hydrogen) atoms. The number of likely N-dealkylation sites (N-methyl/N-ethyl adjacent to an activating group) is 1. The second-order valence-corrected chi connectivity index (χ2v) is 8.77. The first-order valence-corrected chi connectivity index (χ1v) is 9.42. The van der Waals surface area contributed by atoms with Crippen molar-refractivity contribution in [1.82, 2.24) is 4.90 Å². The van der Waals surface area contributed by atoms with Gasteiger partial charge in [-0.3, -0.25) is 0 Å². The van der Waals surface area contributed by atoms with Gasteiger partial charge in [0.1, 0.15) is 6.07 Å². The summed E-state index contributed by atoms with van der Waals surface area (Å²) in [4.78, 5) is 2.14. The van der Waals surface area contributed by atoms with E-state index in [0.717, 1.165) is 11.1 Å². The van der Waals surface area contributed by atoms with E-state index < -0.39 is 11.3 Å². The van der Waals surface area contributed by atoms with Gasteiger partial charge in [-0.1, -0.05) is 51.1 Å². The lowest BCUT2D eigenvalue weighted by Gasteiger charge is -2.45. The van der Waals surface area contributed by atoms with Crippen LogP contribution >= 0.6 is 0 Å². The van der Waals surface area contributed by atoms with Crippen LogP contribution in [0.5, 0.6) is 0 Å². The van der Waals surface area contributed by atoms with Crippen LogP contribution in [0.4, 0.5) is 0 Å². The molecule has 2 aliphatic rings. The Kier molecular flexibility index (Phi) is 4.80. The lowest BCUT2D eigenvalue weighted by atomic mass is 9.58. The number of benzene rings is 1. The van der Waals surface area contributed by atoms with Gasteiger partial charge in [-0.05, 0) is 29.2 Å². The third kappa shape index (κ3) is 2.88. The molecule has 5 nitrogen and oxygen atoms in total. The third-order valence-corrected chi connectivity index (χ3v) is 5.98. The van der Waals surface area contributed by atoms with E-state index >= 15 is 0 Å². The molecule has 1 aromatic carbocycles. The molecule has 1 aliphatic heterocycles. The number of fused-ring (bicyclic) bond motifs is 1. The molecule has 2 atom stereocenters. The van der Waals surface area contributed by atoms with Crippen LogP contribution in [0.1, 0.15) is 37.8 Å². The molecule has 1 heterocycles. The molecule has 0 fully saturated rings. The zero-order valence-electron chi connectivity index (χ0n) is 16.8. The van der Waals surface area contributed by atoms with Crippen LogP contribution in [0.25, 0.3) is 0 Å². The van der Waals surface area contributed by atoms with Gasteiger partial charge in [-0.2, -0.15) is 15.8 Å². The first kappa shape index (κ1) is 19.7. The topological polar surface area (TPSA) is 101 Å². The summed E-state index contributed by atoms with van der Waals surface area (Å²) in [7, 11) is 2.00. The maximum Gasteiger partial charge on any atom is 0.191 e. The number of allylic oxidation sites excluding steroid dienone is 2. The van der Waals surface area contributed by atoms with Crippen molar-refractivity contribution in [2.24, 2.45) is 17.1 Å². The van der Waals surface area contributed by atoms with Crippen LogP contribution in [0, 0.1) is 45.3 Å². The fourth-order valence-corrected chi connectivity index (χ4v) is 4.39. The molecule has 2 N–H and O–H groups in total. The van der Waals surface area contributed by atoms with Crippen molar-refractivity contribution in [3.63, 3.8) is 0 Å². The molecule has 0 bridgehead atoms. The predicted molar refractivity (Wildman–Crippen MR) is 107 cm³/mol. The van der Waals surface area contributed by atoms with Crippen molar-refractivity contribution < 1.29 is 0 Å². The third-order valence-electron chi connectivity index (χ3n) is 5.98. The van der Waals surface area contributed by atoms with Gasteiger partial charge in [0, 0.05) is 24.9 Å². The second kappa shape index (κ2) is 6.83. The largest absolute Gasteiger partial charge is 0.399 e. The molecule has 0 radical (unpaired) electrons. The van der Waals surface area contributed by atoms with Crippen molar-refractivity contribution in [3.05, 3.63) is 58.3 Å². The van der Waals surface area contributed by atoms with E-state index in [9.17, 15) is 15.8 Å². The first-order chi connectivity index (χ1) is 13.2. The Morgan fingerprint density at radius 1 is 1.11 bits per heavy atom. The molecule has 0 aromatic heterocycles. The molecule has 142 valence electrons. The molecular weight excluding hydrogens is 346 g/mol. The average Bonchev–Trinajstić information content (AvgIpc) is 2.67. The summed E-state index contributed by atoms with van der Waals surface area (Å²) in [5.41, 5.74) is 8.09. The van der Waals surface area contributed by atoms with Crippen molar-refractivity contribution >= 4 is 0 Å². The van der Waals surface area contributed by atoms with E-state index in [1.165, 1.54) is 5.56 Å². The molecule has 1 aliphatic carbocycles. The van der Waals surface area contributed by atoms with Crippen LogP contribution in [0.3, 0.4) is 0 Å². The molecule has 5 heteroatoms. The summed E-state index contributed by atoms with van der Waals surface area (Å²) in [6, 6.07) is 14.7. The van der Waals surface area contributed by atoms with Crippen LogP contribution in [0.2, 0.25) is 0 Å². The predicted octanol–water partition coefficient (Wildman–Crippen LogP) is 3.34. The molecule has 1 aromatic rings. The number of nitrogens with two attached hydrogens (primary N) is 1. The van der Waals surface area contributed by atoms with Gasteiger partial charge in [0.25, 0.3) is 0 Å². The summed E-state index contributed by atoms with van der Waals surface area (Å²) in [5, 5.41) is 29.8. The monoisotopic (exact) mass is 371 g/mol. The minimum absolute atomic E-state index is 0.00959. The normalized spacial score (nSPS) is 24.4. The Labute approximate surface area is 167 Å². The van der Waals surface area contributed by atoms with Gasteiger partial charge < -0.3 is 10.6 Å². The van der Waals surface area contributed by atoms with Crippen LogP contribution in [-0.2, 0) is 5.41 Å². The highest BCUT2D eigenvalue weighted by atomic mass is 15.1. The Balaban J connectivity index is 2.25. The summed E-state index contributed by atoms with van der Waals surface area (Å²) in [6.45, 7) is 7.82. The summed E-state index contributed by atoms with van der Waals surface area (Å²) in [6.07, 6.45) is 2.01. The average molecular weight is 371 g/mol. The Morgan fingerprint density at radius 2 is 1.71 bits per heavy atom. The molecule has 0 saturated heterocycles. The van der Waals surface area contributed by atoms with Gasteiger partial charge in [-0.15, -0.1) is 0 Å². The van der Waals surface area contributed by atoms with Crippen molar-refractivity contribution in [3.8, 4) is 18.2 Å². The molecular formula is C23H25N5. The van der Waals surface area contributed by atoms with Gasteiger partial charge in [0.05, 0.1) is 23.4 Å². The van der Waals surface area contributed by atoms with Crippen LogP contribution in [-0.4, -0.2) is 25.0 Å². The van der Waals surface area contributed by atoms with E-state index in [2.05, 4.69) is 56.0 Å². The number of hydrogen-bond donors (Lipinski definition) is 1. The minimum atomic E-state index is -1.56. The molecule has 0 saturated carbocycles. The Bertz CT molecular complexity index is 956. The van der Waals surface area contributed by atoms with Gasteiger partial charge >= 0.3 is 0 Å². The molecule has 0 unspecified atom stereocenters. The minimum Gasteiger partial charge on any atom is -0.399 e. The SMILES string of the molecule is CN1CC=C2C(C#N)=C(N)C(C#N)(C#N)[C@@H](c3ccc(C(C)(C)C)cc3)[C@H]2C1. The van der Waals surface area contributed by atoms with Crippen LogP contribution in [0.15, 0.2) is 47.2 Å². The summed E-state index contributed by atoms with van der Waals surface area (Å²) >= 11 is 0. The zero-order valence-corrected chi connectivity index (χ0v) is 16.8. The fourth-order valence-electron chi connectivity index (χ4n) is 4.39. The zero-order chi connectivity index (χ0) is 20.7. The number of rotatable bonds is 1. The van der Waals surface area contributed by atoms with Crippen LogP contribution < -0.4 is 5.73 Å². The highest BCUT2D eigenvalue weighted by Gasteiger charge is 2.54. The molecule has 3 rings (SSSR count). The summed E-state index contributed by atoms with van der Waals surface area (Å²) in [5.74, 6) is -0.567. The van der Waals surface area contributed by atoms with Crippen molar-refractivity contribution in [1.29, 1.82) is 15.8 Å². The van der Waals surface area contributed by atoms with E-state index in [1.54, 1.807) is 0 Å². The number of nitrogens with zero attached hydrogens (tertiary/aromatic N) is 4. The smallest absolute Gasteiger partial charge is 0.191 e. The lowest BCUT2D eigenvalue weighted by Crippen LogP contribution is -2.47. The van der Waals surface area contributed by atoms with E-state index in [-0.39, 0.29) is 17.0 Å². The van der Waals surface area contributed by atoms with Gasteiger partial charge in [0.15, 0.2) is 5.41 Å². The van der Waals surface area contributed by atoms with E-state index in [1.807, 2.05) is 25.3 Å². The Hall–Kier alpha value is -3.07. The fraction of sp³-hybridized carbons (Fsp3) is 0.435. The molecule has 0 amide bonds. The molecule has 0 spiro atoms. The maximum absolute atomic E-state index is 10.1. The second-order valence-electron chi connectivity index (χ2n) is 8.77. The number of nitriles is 3. The first-order valence-electron chi connectivity index (χ1n) is 9.42. The Morgan fingerprint density at radius 3 is 2.21 bits per heavy atom. The number of hydrogen-bond acceptors (Lipinski definition) is 5. The van der Waals surface area contributed by atoms with Gasteiger partial charge in [0.2, 0.25) is 0 Å². The highest BCUT2D eigenvalue weighted by molar-refractivity contribution is 5.59. The quantitative estimate of drug-likeness (QED) is 0.816. The van der Waals surface area contributed by atoms with E-state index in [4.69, 9.17) is 5.73 Å². The summed E-state index contributed by atoms with van der Waals surface area (Å²) < 4.78 is 0. The lowest BCUT2D eigenvalue weighted by molar-refractivity contribution is 0.237. The highest BCUT2D eigenvalue weighted by Crippen LogP contribution is 2.54. The maximum atomic E-state index is 10.1. The van der Waals surface area contributed by atoms with Crippen molar-refractivity contribution in [2.75, 3.05) is 20.1 Å². The standard InChI is InChI=1S/C23H25N5/c1-22(2,3)16-7-5-15(6-8-16)20-19-12-28(4)10-9-17(19)18(11-24)21(27)23(20,13-25)14-26/h5-9,19-20H,10,12,27H2,1-4H3/t19-,20-/m0/s1.